The normalized spacial score (nSPS) is 11.1. The smallest absolute Gasteiger partial charge is 0.221 e. The molecule has 1 amide bonds. The molecule has 0 atom stereocenters. The van der Waals surface area contributed by atoms with Crippen LogP contribution in [0.4, 0.5) is 0 Å². The van der Waals surface area contributed by atoms with Crippen molar-refractivity contribution in [1.82, 2.24) is 4.57 Å². The summed E-state index contributed by atoms with van der Waals surface area (Å²) < 4.78 is 8.14. The van der Waals surface area contributed by atoms with Crippen LogP contribution in [0.15, 0.2) is 121 Å². The van der Waals surface area contributed by atoms with Crippen LogP contribution in [-0.2, 0) is 17.8 Å². The Hall–Kier alpha value is -4.83. The number of aromatic nitrogens is 1. The van der Waals surface area contributed by atoms with E-state index in [0.29, 0.717) is 6.54 Å². The Kier molecular flexibility index (Phi) is 5.91. The van der Waals surface area contributed by atoms with Crippen molar-refractivity contribution in [2.45, 2.75) is 13.0 Å². The Morgan fingerprint density at radius 1 is 0.703 bits per heavy atom. The fourth-order valence-corrected chi connectivity index (χ4v) is 4.88. The van der Waals surface area contributed by atoms with Crippen LogP contribution in [-0.4, -0.2) is 10.5 Å². The number of rotatable bonds is 7. The van der Waals surface area contributed by atoms with Gasteiger partial charge in [-0.05, 0) is 75.5 Å². The molecule has 0 aliphatic heterocycles. The summed E-state index contributed by atoms with van der Waals surface area (Å²) in [6.07, 6.45) is 2.26. The molecule has 2 N–H and O–H groups in total. The Bertz CT molecular complexity index is 1720. The number of carbonyl (C=O) groups is 1. The predicted molar refractivity (Wildman–Crippen MR) is 150 cm³/mol. The maximum Gasteiger partial charge on any atom is 0.221 e. The number of hydrogen-bond donors (Lipinski definition) is 1. The predicted octanol–water partition coefficient (Wildman–Crippen LogP) is 7.33. The second kappa shape index (κ2) is 9.67. The summed E-state index contributed by atoms with van der Waals surface area (Å²) in [4.78, 5) is 11.9. The quantitative estimate of drug-likeness (QED) is 0.259. The van der Waals surface area contributed by atoms with Crippen molar-refractivity contribution >= 4 is 27.6 Å². The first kappa shape index (κ1) is 22.6. The number of nitrogens with two attached hydrogens (primary N) is 1. The van der Waals surface area contributed by atoms with Crippen molar-refractivity contribution in [3.63, 3.8) is 0 Å². The molecule has 6 aromatic rings. The van der Waals surface area contributed by atoms with E-state index in [1.807, 2.05) is 42.5 Å². The number of carbonyl (C=O) groups excluding carboxylic acids is 1. The minimum atomic E-state index is -0.336. The largest absolute Gasteiger partial charge is 0.457 e. The topological polar surface area (TPSA) is 57.2 Å². The first-order chi connectivity index (χ1) is 18.1. The minimum Gasteiger partial charge on any atom is -0.457 e. The van der Waals surface area contributed by atoms with Gasteiger partial charge in [0.1, 0.15) is 11.5 Å². The van der Waals surface area contributed by atoms with Crippen LogP contribution in [0.25, 0.3) is 32.8 Å². The van der Waals surface area contributed by atoms with E-state index in [0.717, 1.165) is 39.1 Å². The Morgan fingerprint density at radius 2 is 1.41 bits per heavy atom. The molecule has 0 radical (unpaired) electrons. The molecule has 0 spiro atoms. The van der Waals surface area contributed by atoms with Gasteiger partial charge >= 0.3 is 0 Å². The molecule has 0 saturated carbocycles. The van der Waals surface area contributed by atoms with Gasteiger partial charge < -0.3 is 15.0 Å². The van der Waals surface area contributed by atoms with Crippen LogP contribution in [0, 0.1) is 0 Å². The number of hydrogen-bond acceptors (Lipinski definition) is 2. The van der Waals surface area contributed by atoms with Crippen LogP contribution in [0.1, 0.15) is 11.1 Å². The highest BCUT2D eigenvalue weighted by atomic mass is 16.5. The van der Waals surface area contributed by atoms with E-state index in [9.17, 15) is 4.79 Å². The molecule has 0 aliphatic carbocycles. The lowest BCUT2D eigenvalue weighted by Crippen LogP contribution is -2.13. The van der Waals surface area contributed by atoms with Gasteiger partial charge in [-0.2, -0.15) is 0 Å². The molecule has 1 aromatic heterocycles. The second-order valence-electron chi connectivity index (χ2n) is 9.28. The monoisotopic (exact) mass is 482 g/mol. The maximum absolute atomic E-state index is 11.9. The highest BCUT2D eigenvalue weighted by Crippen LogP contribution is 2.31. The zero-order chi connectivity index (χ0) is 25.2. The standard InChI is InChI=1S/C33H26N2O2/c34-33(36)20-28-22-35(21-23-10-11-24-6-4-5-7-26(24)18-23)32-17-14-27(19-31(28)32)25-12-15-30(16-13-25)37-29-8-2-1-3-9-29/h1-19,22H,20-21H2,(H2,34,36). The van der Waals surface area contributed by atoms with Crippen LogP contribution in [0.2, 0.25) is 0 Å². The van der Waals surface area contributed by atoms with E-state index in [-0.39, 0.29) is 12.3 Å². The van der Waals surface area contributed by atoms with E-state index in [1.54, 1.807) is 0 Å². The summed E-state index contributed by atoms with van der Waals surface area (Å²) in [6.45, 7) is 0.713. The van der Waals surface area contributed by atoms with E-state index < -0.39 is 0 Å². The lowest BCUT2D eigenvalue weighted by Gasteiger charge is -2.09. The highest BCUT2D eigenvalue weighted by molar-refractivity contribution is 5.92. The number of fused-ring (bicyclic) bond motifs is 2. The van der Waals surface area contributed by atoms with Crippen molar-refractivity contribution in [1.29, 1.82) is 0 Å². The van der Waals surface area contributed by atoms with Crippen LogP contribution in [0.5, 0.6) is 11.5 Å². The molecule has 0 unspecified atom stereocenters. The lowest BCUT2D eigenvalue weighted by atomic mass is 10.0. The molecule has 1 heterocycles. The molecule has 4 heteroatoms. The molecular weight excluding hydrogens is 456 g/mol. The van der Waals surface area contributed by atoms with Gasteiger partial charge in [0.05, 0.1) is 6.42 Å². The summed E-state index contributed by atoms with van der Waals surface area (Å²) >= 11 is 0. The maximum atomic E-state index is 11.9. The first-order valence-electron chi connectivity index (χ1n) is 12.3. The van der Waals surface area contributed by atoms with Gasteiger partial charge in [0.15, 0.2) is 0 Å². The van der Waals surface area contributed by atoms with Crippen LogP contribution in [0.3, 0.4) is 0 Å². The van der Waals surface area contributed by atoms with Gasteiger partial charge in [0, 0.05) is 23.6 Å². The zero-order valence-corrected chi connectivity index (χ0v) is 20.3. The molecular formula is C33H26N2O2. The average Bonchev–Trinajstić information content (AvgIpc) is 3.25. The molecule has 37 heavy (non-hydrogen) atoms. The molecule has 180 valence electrons. The van der Waals surface area contributed by atoms with Gasteiger partial charge in [-0.15, -0.1) is 0 Å². The Morgan fingerprint density at radius 3 is 2.19 bits per heavy atom. The van der Waals surface area contributed by atoms with E-state index >= 15 is 0 Å². The van der Waals surface area contributed by atoms with E-state index in [1.165, 1.54) is 16.3 Å². The summed E-state index contributed by atoms with van der Waals surface area (Å²) in [7, 11) is 0. The van der Waals surface area contributed by atoms with Gasteiger partial charge in [0.2, 0.25) is 5.91 Å². The molecule has 5 aromatic carbocycles. The average molecular weight is 483 g/mol. The lowest BCUT2D eigenvalue weighted by molar-refractivity contribution is -0.117. The zero-order valence-electron chi connectivity index (χ0n) is 20.3. The van der Waals surface area contributed by atoms with Crippen molar-refractivity contribution in [3.8, 4) is 22.6 Å². The SMILES string of the molecule is NC(=O)Cc1cn(Cc2ccc3ccccc3c2)c2ccc(-c3ccc(Oc4ccccc4)cc3)cc12. The van der Waals surface area contributed by atoms with Gasteiger partial charge in [-0.3, -0.25) is 4.79 Å². The molecule has 0 bridgehead atoms. The van der Waals surface area contributed by atoms with E-state index in [2.05, 4.69) is 83.6 Å². The van der Waals surface area contributed by atoms with Gasteiger partial charge in [-0.25, -0.2) is 0 Å². The van der Waals surface area contributed by atoms with Crippen molar-refractivity contribution < 1.29 is 9.53 Å². The molecule has 0 fully saturated rings. The minimum absolute atomic E-state index is 0.203. The third kappa shape index (κ3) is 4.82. The Balaban J connectivity index is 1.33. The van der Waals surface area contributed by atoms with Crippen LogP contribution < -0.4 is 10.5 Å². The van der Waals surface area contributed by atoms with Gasteiger partial charge in [-0.1, -0.05) is 72.8 Å². The van der Waals surface area contributed by atoms with Crippen molar-refractivity contribution in [2.24, 2.45) is 5.73 Å². The summed E-state index contributed by atoms with van der Waals surface area (Å²) in [6, 6.07) is 39.1. The molecule has 4 nitrogen and oxygen atoms in total. The fourth-order valence-electron chi connectivity index (χ4n) is 4.88. The van der Waals surface area contributed by atoms with Gasteiger partial charge in [0.25, 0.3) is 0 Å². The first-order valence-corrected chi connectivity index (χ1v) is 12.3. The Labute approximate surface area is 215 Å². The second-order valence-corrected chi connectivity index (χ2v) is 9.28. The molecule has 0 aliphatic rings. The number of ether oxygens (including phenoxy) is 1. The molecule has 6 rings (SSSR count). The number of para-hydroxylation sites is 1. The van der Waals surface area contributed by atoms with Crippen LogP contribution >= 0.6 is 0 Å². The highest BCUT2D eigenvalue weighted by Gasteiger charge is 2.13. The number of primary amides is 1. The van der Waals surface area contributed by atoms with Crippen molar-refractivity contribution in [2.75, 3.05) is 0 Å². The fraction of sp³-hybridized carbons (Fsp3) is 0.0606. The van der Waals surface area contributed by atoms with E-state index in [4.69, 9.17) is 10.5 Å². The third-order valence-corrected chi connectivity index (χ3v) is 6.66. The van der Waals surface area contributed by atoms with Crippen molar-refractivity contribution in [3.05, 3.63) is 133 Å². The molecule has 0 saturated heterocycles. The third-order valence-electron chi connectivity index (χ3n) is 6.66. The number of nitrogens with zero attached hydrogens (tertiary/aromatic N) is 1. The number of benzene rings is 5. The summed E-state index contributed by atoms with van der Waals surface area (Å²) in [5, 5.41) is 3.49. The summed E-state index contributed by atoms with van der Waals surface area (Å²) in [5.74, 6) is 1.25. The summed E-state index contributed by atoms with van der Waals surface area (Å²) in [5.41, 5.74) is 11.0. The number of amides is 1.